The highest BCUT2D eigenvalue weighted by atomic mass is 19.1. The Hall–Kier alpha value is -3.42. The molecule has 158 valence electrons. The van der Waals surface area contributed by atoms with Crippen LogP contribution in [0.25, 0.3) is 0 Å². The highest BCUT2D eigenvalue weighted by Gasteiger charge is 2.47. The number of rotatable bonds is 8. The lowest BCUT2D eigenvalue weighted by Gasteiger charge is -2.21. The Morgan fingerprint density at radius 3 is 2.37 bits per heavy atom. The monoisotopic (exact) mass is 413 g/mol. The van der Waals surface area contributed by atoms with E-state index in [4.69, 9.17) is 4.74 Å². The molecule has 30 heavy (non-hydrogen) atoms. The van der Waals surface area contributed by atoms with Crippen LogP contribution in [0.2, 0.25) is 0 Å². The summed E-state index contributed by atoms with van der Waals surface area (Å²) in [5, 5.41) is 5.33. The number of urea groups is 1. The Morgan fingerprint density at radius 1 is 1.10 bits per heavy atom. The van der Waals surface area contributed by atoms with Crippen molar-refractivity contribution < 1.29 is 23.5 Å². The first-order valence-electron chi connectivity index (χ1n) is 9.59. The predicted molar refractivity (Wildman–Crippen MR) is 108 cm³/mol. The average molecular weight is 413 g/mol. The summed E-state index contributed by atoms with van der Waals surface area (Å²) >= 11 is 0. The van der Waals surface area contributed by atoms with Crippen LogP contribution in [0, 0.1) is 5.82 Å². The molecule has 8 heteroatoms. The van der Waals surface area contributed by atoms with E-state index in [2.05, 4.69) is 10.6 Å². The molecule has 0 radical (unpaired) electrons. The summed E-state index contributed by atoms with van der Waals surface area (Å²) < 4.78 is 18.1. The summed E-state index contributed by atoms with van der Waals surface area (Å²) in [4.78, 5) is 38.2. The summed E-state index contributed by atoms with van der Waals surface area (Å²) in [6, 6.07) is 12.6. The van der Waals surface area contributed by atoms with Gasteiger partial charge in [0.05, 0.1) is 7.11 Å². The minimum Gasteiger partial charge on any atom is -0.497 e. The standard InChI is InChI=1S/C22H24FN3O4/c1-22(12-11-15-5-9-18(30-2)10-6-15)20(28)26(21(29)25-22)14-19(27)24-13-16-3-7-17(23)8-4-16/h3-10H,11-14H2,1-2H3,(H,24,27)(H,25,29)/t22-/m0/s1. The number of amides is 4. The number of imide groups is 1. The fourth-order valence-corrected chi connectivity index (χ4v) is 3.25. The van der Waals surface area contributed by atoms with Crippen molar-refractivity contribution in [3.05, 3.63) is 65.5 Å². The molecule has 1 aliphatic heterocycles. The molecule has 0 aromatic heterocycles. The number of ether oxygens (including phenoxy) is 1. The normalized spacial score (nSPS) is 18.3. The fourth-order valence-electron chi connectivity index (χ4n) is 3.25. The Bertz CT molecular complexity index is 930. The number of hydrogen-bond donors (Lipinski definition) is 2. The highest BCUT2D eigenvalue weighted by molar-refractivity contribution is 6.08. The molecule has 1 atom stereocenters. The molecule has 3 rings (SSSR count). The van der Waals surface area contributed by atoms with Crippen LogP contribution < -0.4 is 15.4 Å². The Labute approximate surface area is 174 Å². The summed E-state index contributed by atoms with van der Waals surface area (Å²) in [6.45, 7) is 1.47. The zero-order valence-electron chi connectivity index (χ0n) is 16.9. The molecule has 2 aromatic carbocycles. The van der Waals surface area contributed by atoms with Gasteiger partial charge in [-0.2, -0.15) is 0 Å². The molecule has 0 spiro atoms. The molecule has 1 heterocycles. The van der Waals surface area contributed by atoms with Crippen LogP contribution in [-0.2, 0) is 22.6 Å². The molecule has 0 saturated carbocycles. The predicted octanol–water partition coefficient (Wildman–Crippen LogP) is 2.39. The second-order valence-corrected chi connectivity index (χ2v) is 7.40. The number of hydrogen-bond acceptors (Lipinski definition) is 4. The number of nitrogens with zero attached hydrogens (tertiary/aromatic N) is 1. The molecule has 1 aliphatic rings. The van der Waals surface area contributed by atoms with Gasteiger partial charge in [0.2, 0.25) is 5.91 Å². The molecule has 0 bridgehead atoms. The first-order valence-corrected chi connectivity index (χ1v) is 9.59. The second kappa shape index (κ2) is 8.94. The van der Waals surface area contributed by atoms with Crippen molar-refractivity contribution in [2.75, 3.05) is 13.7 Å². The van der Waals surface area contributed by atoms with Crippen LogP contribution >= 0.6 is 0 Å². The van der Waals surface area contributed by atoms with E-state index >= 15 is 0 Å². The number of benzene rings is 2. The third kappa shape index (κ3) is 4.94. The Morgan fingerprint density at radius 2 is 1.73 bits per heavy atom. The fraction of sp³-hybridized carbons (Fsp3) is 0.318. The number of methoxy groups -OCH3 is 1. The van der Waals surface area contributed by atoms with Crippen molar-refractivity contribution in [1.82, 2.24) is 15.5 Å². The van der Waals surface area contributed by atoms with E-state index in [0.717, 1.165) is 16.2 Å². The van der Waals surface area contributed by atoms with Crippen molar-refractivity contribution >= 4 is 17.8 Å². The van der Waals surface area contributed by atoms with Gasteiger partial charge in [0, 0.05) is 6.54 Å². The molecule has 4 amide bonds. The molecular formula is C22H24FN3O4. The third-order valence-electron chi connectivity index (χ3n) is 5.12. The maximum absolute atomic E-state index is 12.9. The average Bonchev–Trinajstić information content (AvgIpc) is 2.95. The van der Waals surface area contributed by atoms with Gasteiger partial charge in [0.1, 0.15) is 23.7 Å². The van der Waals surface area contributed by atoms with E-state index in [9.17, 15) is 18.8 Å². The molecule has 1 saturated heterocycles. The van der Waals surface area contributed by atoms with Crippen molar-refractivity contribution in [1.29, 1.82) is 0 Å². The van der Waals surface area contributed by atoms with Crippen molar-refractivity contribution in [3.8, 4) is 5.75 Å². The summed E-state index contributed by atoms with van der Waals surface area (Å²) in [6.07, 6.45) is 0.981. The lowest BCUT2D eigenvalue weighted by molar-refractivity contribution is -0.134. The summed E-state index contributed by atoms with van der Waals surface area (Å²) in [7, 11) is 1.59. The summed E-state index contributed by atoms with van der Waals surface area (Å²) in [5.41, 5.74) is 0.648. The van der Waals surface area contributed by atoms with Crippen molar-refractivity contribution in [3.63, 3.8) is 0 Å². The van der Waals surface area contributed by atoms with Gasteiger partial charge in [-0.1, -0.05) is 24.3 Å². The van der Waals surface area contributed by atoms with Gasteiger partial charge in [0.15, 0.2) is 0 Å². The molecule has 2 aromatic rings. The van der Waals surface area contributed by atoms with Crippen LogP contribution in [0.3, 0.4) is 0 Å². The van der Waals surface area contributed by atoms with Gasteiger partial charge in [-0.15, -0.1) is 0 Å². The second-order valence-electron chi connectivity index (χ2n) is 7.40. The smallest absolute Gasteiger partial charge is 0.325 e. The zero-order chi connectivity index (χ0) is 21.7. The van der Waals surface area contributed by atoms with E-state index in [1.807, 2.05) is 24.3 Å². The van der Waals surface area contributed by atoms with Crippen LogP contribution in [-0.4, -0.2) is 41.9 Å². The lowest BCUT2D eigenvalue weighted by Crippen LogP contribution is -2.45. The molecule has 0 aliphatic carbocycles. The van der Waals surface area contributed by atoms with E-state index in [1.54, 1.807) is 26.2 Å². The maximum Gasteiger partial charge on any atom is 0.325 e. The van der Waals surface area contributed by atoms with Crippen LogP contribution in [0.15, 0.2) is 48.5 Å². The number of halogens is 1. The number of nitrogens with one attached hydrogen (secondary N) is 2. The van der Waals surface area contributed by atoms with Crippen LogP contribution in [0.1, 0.15) is 24.5 Å². The summed E-state index contributed by atoms with van der Waals surface area (Å²) in [5.74, 6) is -0.522. The Kier molecular flexibility index (Phi) is 6.34. The SMILES string of the molecule is COc1ccc(CC[C@]2(C)NC(=O)N(CC(=O)NCc3ccc(F)cc3)C2=O)cc1. The molecule has 7 nitrogen and oxygen atoms in total. The first-order chi connectivity index (χ1) is 14.3. The van der Waals surface area contributed by atoms with Gasteiger partial charge < -0.3 is 15.4 Å². The quantitative estimate of drug-likeness (QED) is 0.651. The molecule has 2 N–H and O–H groups in total. The van der Waals surface area contributed by atoms with E-state index in [1.165, 1.54) is 12.1 Å². The van der Waals surface area contributed by atoms with Gasteiger partial charge in [0.25, 0.3) is 5.91 Å². The van der Waals surface area contributed by atoms with Gasteiger partial charge in [-0.3, -0.25) is 14.5 Å². The number of carbonyl (C=O) groups is 3. The third-order valence-corrected chi connectivity index (χ3v) is 5.12. The maximum atomic E-state index is 12.9. The van der Waals surface area contributed by atoms with Gasteiger partial charge in [-0.25, -0.2) is 9.18 Å². The molecule has 0 unspecified atom stereocenters. The minimum atomic E-state index is -1.08. The minimum absolute atomic E-state index is 0.178. The van der Waals surface area contributed by atoms with E-state index in [-0.39, 0.29) is 18.9 Å². The zero-order valence-corrected chi connectivity index (χ0v) is 16.9. The topological polar surface area (TPSA) is 87.7 Å². The highest BCUT2D eigenvalue weighted by Crippen LogP contribution is 2.24. The molecular weight excluding hydrogens is 389 g/mol. The van der Waals surface area contributed by atoms with E-state index in [0.29, 0.717) is 18.4 Å². The largest absolute Gasteiger partial charge is 0.497 e. The Balaban J connectivity index is 1.54. The van der Waals surface area contributed by atoms with E-state index < -0.39 is 23.4 Å². The molecule has 1 fully saturated rings. The van der Waals surface area contributed by atoms with Gasteiger partial charge >= 0.3 is 6.03 Å². The lowest BCUT2D eigenvalue weighted by atomic mass is 9.93. The van der Waals surface area contributed by atoms with Crippen molar-refractivity contribution in [2.24, 2.45) is 0 Å². The first kappa shape index (κ1) is 21.3. The van der Waals surface area contributed by atoms with Gasteiger partial charge in [-0.05, 0) is 55.2 Å². The van der Waals surface area contributed by atoms with Crippen molar-refractivity contribution in [2.45, 2.75) is 31.8 Å². The number of aryl methyl sites for hydroxylation is 1. The van der Waals surface area contributed by atoms with Crippen LogP contribution in [0.5, 0.6) is 5.75 Å². The number of carbonyl (C=O) groups excluding carboxylic acids is 3. The van der Waals surface area contributed by atoms with Crippen LogP contribution in [0.4, 0.5) is 9.18 Å².